The molecule has 9 nitrogen and oxygen atoms in total. The molecule has 0 fully saturated rings. The Kier molecular flexibility index (Phi) is 7.64. The summed E-state index contributed by atoms with van der Waals surface area (Å²) in [4.78, 5) is 35.3. The largest absolute Gasteiger partial charge is 0.368 e. The average Bonchev–Trinajstić information content (AvgIpc) is 2.86. The lowest BCUT2D eigenvalue weighted by Crippen LogP contribution is -2.33. The molecule has 0 atom stereocenters. The van der Waals surface area contributed by atoms with Gasteiger partial charge in [0.2, 0.25) is 5.91 Å². The minimum atomic E-state index is -3.85. The lowest BCUT2D eigenvalue weighted by atomic mass is 10.1. The molecule has 10 heteroatoms. The highest BCUT2D eigenvalue weighted by molar-refractivity contribution is 7.92. The zero-order valence-corrected chi connectivity index (χ0v) is 19.2. The second-order valence-corrected chi connectivity index (χ2v) is 9.33. The van der Waals surface area contributed by atoms with Gasteiger partial charge in [0.05, 0.1) is 17.1 Å². The maximum absolute atomic E-state index is 13.0. The van der Waals surface area contributed by atoms with Crippen molar-refractivity contribution in [2.75, 3.05) is 17.9 Å². The van der Waals surface area contributed by atoms with Crippen LogP contribution in [0.1, 0.15) is 26.3 Å². The van der Waals surface area contributed by atoms with Gasteiger partial charge in [0.1, 0.15) is 0 Å². The molecule has 0 unspecified atom stereocenters. The molecule has 0 saturated carbocycles. The van der Waals surface area contributed by atoms with Crippen LogP contribution in [-0.4, -0.2) is 39.7 Å². The minimum absolute atomic E-state index is 0.00201. The normalized spacial score (nSPS) is 10.9. The van der Waals surface area contributed by atoms with Gasteiger partial charge in [-0.05, 0) is 48.0 Å². The van der Waals surface area contributed by atoms with Crippen molar-refractivity contribution in [3.05, 3.63) is 95.6 Å². The topological polar surface area (TPSA) is 139 Å². The van der Waals surface area contributed by atoms with E-state index in [0.717, 1.165) is 9.87 Å². The quantitative estimate of drug-likeness (QED) is 0.427. The Balaban J connectivity index is 1.65. The number of benzene rings is 3. The number of nitrogens with one attached hydrogen (secondary N) is 2. The SMILES string of the molecule is CN(c1ccccc1)S(=O)(=O)c1cccc(C(=O)NCc2ccc(C(=O)NCC(N)=O)cc2)c1. The Bertz CT molecular complexity index is 1290. The van der Waals surface area contributed by atoms with E-state index in [4.69, 9.17) is 5.73 Å². The fourth-order valence-electron chi connectivity index (χ4n) is 3.06. The second kappa shape index (κ2) is 10.6. The molecule has 0 saturated heterocycles. The van der Waals surface area contributed by atoms with Gasteiger partial charge in [0.25, 0.3) is 21.8 Å². The van der Waals surface area contributed by atoms with Crippen molar-refractivity contribution in [2.24, 2.45) is 5.73 Å². The van der Waals surface area contributed by atoms with E-state index in [9.17, 15) is 22.8 Å². The van der Waals surface area contributed by atoms with Crippen molar-refractivity contribution in [1.29, 1.82) is 0 Å². The third-order valence-electron chi connectivity index (χ3n) is 4.97. The van der Waals surface area contributed by atoms with Crippen molar-refractivity contribution >= 4 is 33.4 Å². The first-order valence-corrected chi connectivity index (χ1v) is 11.7. The number of carbonyl (C=O) groups is 3. The fourth-order valence-corrected chi connectivity index (χ4v) is 4.30. The zero-order valence-electron chi connectivity index (χ0n) is 18.4. The Morgan fingerprint density at radius 2 is 1.47 bits per heavy atom. The third-order valence-corrected chi connectivity index (χ3v) is 6.75. The Hall–Kier alpha value is -4.18. The van der Waals surface area contributed by atoms with Gasteiger partial charge in [0.15, 0.2) is 0 Å². The summed E-state index contributed by atoms with van der Waals surface area (Å²) in [7, 11) is -2.40. The molecule has 0 radical (unpaired) electrons. The second-order valence-electron chi connectivity index (χ2n) is 7.36. The van der Waals surface area contributed by atoms with E-state index in [1.807, 2.05) is 0 Å². The lowest BCUT2D eigenvalue weighted by Gasteiger charge is -2.19. The van der Waals surface area contributed by atoms with Gasteiger partial charge in [-0.3, -0.25) is 18.7 Å². The van der Waals surface area contributed by atoms with Crippen LogP contribution in [0, 0.1) is 0 Å². The highest BCUT2D eigenvalue weighted by atomic mass is 32.2. The van der Waals surface area contributed by atoms with Crippen molar-refractivity contribution < 1.29 is 22.8 Å². The van der Waals surface area contributed by atoms with Gasteiger partial charge in [0, 0.05) is 24.7 Å². The molecular formula is C24H24N4O5S. The zero-order chi connectivity index (χ0) is 24.7. The standard InChI is InChI=1S/C24H24N4O5S/c1-28(20-7-3-2-4-8-20)34(32,33)21-9-5-6-19(14-21)24(31)26-15-17-10-12-18(13-11-17)23(30)27-16-22(25)29/h2-14H,15-16H2,1H3,(H2,25,29)(H,26,31)(H,27,30). The van der Waals surface area contributed by atoms with Crippen molar-refractivity contribution in [3.63, 3.8) is 0 Å². The van der Waals surface area contributed by atoms with E-state index in [1.165, 1.54) is 31.3 Å². The number of nitrogens with zero attached hydrogens (tertiary/aromatic N) is 1. The van der Waals surface area contributed by atoms with E-state index in [1.54, 1.807) is 54.6 Å². The van der Waals surface area contributed by atoms with E-state index in [2.05, 4.69) is 10.6 Å². The first-order valence-electron chi connectivity index (χ1n) is 10.3. The molecule has 3 amide bonds. The molecule has 3 aromatic rings. The number of sulfonamides is 1. The van der Waals surface area contributed by atoms with Crippen LogP contribution in [0.15, 0.2) is 83.8 Å². The van der Waals surface area contributed by atoms with Crippen LogP contribution < -0.4 is 20.7 Å². The number of carbonyl (C=O) groups excluding carboxylic acids is 3. The molecule has 176 valence electrons. The summed E-state index contributed by atoms with van der Waals surface area (Å²) >= 11 is 0. The number of para-hydroxylation sites is 1. The van der Waals surface area contributed by atoms with E-state index < -0.39 is 27.7 Å². The van der Waals surface area contributed by atoms with Gasteiger partial charge in [-0.25, -0.2) is 8.42 Å². The number of primary amides is 1. The Labute approximate surface area is 197 Å². The number of anilines is 1. The fraction of sp³-hybridized carbons (Fsp3) is 0.125. The monoisotopic (exact) mass is 480 g/mol. The highest BCUT2D eigenvalue weighted by Crippen LogP contribution is 2.22. The molecule has 0 aliphatic carbocycles. The first kappa shape index (κ1) is 24.5. The summed E-state index contributed by atoms with van der Waals surface area (Å²) in [6, 6.07) is 20.9. The molecule has 0 spiro atoms. The van der Waals surface area contributed by atoms with Gasteiger partial charge in [-0.2, -0.15) is 0 Å². The number of hydrogen-bond acceptors (Lipinski definition) is 5. The van der Waals surface area contributed by atoms with Crippen LogP contribution in [0.25, 0.3) is 0 Å². The number of amides is 3. The predicted molar refractivity (Wildman–Crippen MR) is 128 cm³/mol. The van der Waals surface area contributed by atoms with Gasteiger partial charge >= 0.3 is 0 Å². The van der Waals surface area contributed by atoms with E-state index in [-0.39, 0.29) is 23.5 Å². The molecule has 34 heavy (non-hydrogen) atoms. The smallest absolute Gasteiger partial charge is 0.264 e. The molecule has 0 aliphatic rings. The molecule has 0 aromatic heterocycles. The highest BCUT2D eigenvalue weighted by Gasteiger charge is 2.22. The predicted octanol–water partition coefficient (Wildman–Crippen LogP) is 1.66. The molecule has 0 heterocycles. The molecule has 3 rings (SSSR count). The van der Waals surface area contributed by atoms with Crippen LogP contribution in [-0.2, 0) is 21.4 Å². The number of hydrogen-bond donors (Lipinski definition) is 3. The number of rotatable bonds is 9. The van der Waals surface area contributed by atoms with Gasteiger partial charge in [-0.15, -0.1) is 0 Å². The first-order chi connectivity index (χ1) is 16.2. The third kappa shape index (κ3) is 5.99. The molecular weight excluding hydrogens is 456 g/mol. The van der Waals surface area contributed by atoms with Gasteiger partial charge in [-0.1, -0.05) is 36.4 Å². The average molecular weight is 481 g/mol. The summed E-state index contributed by atoms with van der Waals surface area (Å²) < 4.78 is 27.1. The summed E-state index contributed by atoms with van der Waals surface area (Å²) in [5.74, 6) is -1.52. The van der Waals surface area contributed by atoms with E-state index >= 15 is 0 Å². The van der Waals surface area contributed by atoms with Crippen LogP contribution in [0.5, 0.6) is 0 Å². The molecule has 4 N–H and O–H groups in total. The molecule has 0 bridgehead atoms. The lowest BCUT2D eigenvalue weighted by molar-refractivity contribution is -0.117. The number of nitrogens with two attached hydrogens (primary N) is 1. The van der Waals surface area contributed by atoms with E-state index in [0.29, 0.717) is 11.3 Å². The van der Waals surface area contributed by atoms with Crippen LogP contribution >= 0.6 is 0 Å². The summed E-state index contributed by atoms with van der Waals surface area (Å²) in [6.07, 6.45) is 0. The van der Waals surface area contributed by atoms with Crippen LogP contribution in [0.4, 0.5) is 5.69 Å². The summed E-state index contributed by atoms with van der Waals surface area (Å²) in [5, 5.41) is 5.12. The Morgan fingerprint density at radius 1 is 0.824 bits per heavy atom. The van der Waals surface area contributed by atoms with Crippen LogP contribution in [0.3, 0.4) is 0 Å². The van der Waals surface area contributed by atoms with Crippen molar-refractivity contribution in [1.82, 2.24) is 10.6 Å². The minimum Gasteiger partial charge on any atom is -0.368 e. The molecule has 3 aromatic carbocycles. The Morgan fingerprint density at radius 3 is 2.12 bits per heavy atom. The molecule has 0 aliphatic heterocycles. The van der Waals surface area contributed by atoms with Crippen LogP contribution in [0.2, 0.25) is 0 Å². The van der Waals surface area contributed by atoms with Gasteiger partial charge < -0.3 is 16.4 Å². The van der Waals surface area contributed by atoms with Crippen molar-refractivity contribution in [2.45, 2.75) is 11.4 Å². The summed E-state index contributed by atoms with van der Waals surface area (Å²) in [6.45, 7) is -0.0878. The maximum Gasteiger partial charge on any atom is 0.264 e. The maximum atomic E-state index is 13.0. The summed E-state index contributed by atoms with van der Waals surface area (Å²) in [5.41, 5.74) is 6.78. The van der Waals surface area contributed by atoms with Crippen molar-refractivity contribution in [3.8, 4) is 0 Å².